The van der Waals surface area contributed by atoms with Crippen LogP contribution in [0.4, 0.5) is 5.69 Å². The van der Waals surface area contributed by atoms with Crippen LogP contribution in [0.1, 0.15) is 25.3 Å². The lowest BCUT2D eigenvalue weighted by atomic mass is 10.2. The van der Waals surface area contributed by atoms with Crippen molar-refractivity contribution in [2.45, 2.75) is 26.3 Å². The zero-order valence-electron chi connectivity index (χ0n) is 11.6. The monoisotopic (exact) mass is 269 g/mol. The fraction of sp³-hybridized carbons (Fsp3) is 0.235. The van der Waals surface area contributed by atoms with Gasteiger partial charge in [-0.15, -0.1) is 0 Å². The van der Waals surface area contributed by atoms with E-state index in [-0.39, 0.29) is 5.97 Å². The molecule has 0 saturated heterocycles. The molecule has 0 amide bonds. The van der Waals surface area contributed by atoms with Gasteiger partial charge in [-0.25, -0.2) is 0 Å². The van der Waals surface area contributed by atoms with Gasteiger partial charge in [0.1, 0.15) is 5.75 Å². The first-order chi connectivity index (χ1) is 9.78. The van der Waals surface area contributed by atoms with Crippen molar-refractivity contribution in [2.75, 3.05) is 5.32 Å². The van der Waals surface area contributed by atoms with E-state index in [1.165, 1.54) is 5.56 Å². The van der Waals surface area contributed by atoms with E-state index in [2.05, 4.69) is 17.4 Å². The fourth-order valence-corrected chi connectivity index (χ4v) is 1.86. The van der Waals surface area contributed by atoms with E-state index in [0.717, 1.165) is 18.7 Å². The molecule has 0 aliphatic rings. The van der Waals surface area contributed by atoms with Crippen LogP contribution >= 0.6 is 0 Å². The Balaban J connectivity index is 1.94. The molecule has 20 heavy (non-hydrogen) atoms. The number of ether oxygens (including phenoxy) is 1. The Hall–Kier alpha value is -2.29. The van der Waals surface area contributed by atoms with Crippen molar-refractivity contribution in [1.29, 1.82) is 0 Å². The van der Waals surface area contributed by atoms with E-state index in [0.29, 0.717) is 12.2 Å². The van der Waals surface area contributed by atoms with Gasteiger partial charge in [0.25, 0.3) is 0 Å². The number of carbonyl (C=O) groups excluding carboxylic acids is 1. The van der Waals surface area contributed by atoms with E-state index in [9.17, 15) is 4.79 Å². The number of hydrogen-bond donors (Lipinski definition) is 1. The maximum atomic E-state index is 11.5. The second-order valence-electron chi connectivity index (χ2n) is 4.59. The standard InChI is InChI=1S/C17H19NO2/c1-2-7-17(19)20-16-11-6-10-15(12-16)18-13-14-8-4-3-5-9-14/h3-6,8-12,18H,2,7,13H2,1H3. The van der Waals surface area contributed by atoms with Crippen LogP contribution in [0.25, 0.3) is 0 Å². The summed E-state index contributed by atoms with van der Waals surface area (Å²) >= 11 is 0. The Labute approximate surface area is 119 Å². The summed E-state index contributed by atoms with van der Waals surface area (Å²) in [6.45, 7) is 2.70. The van der Waals surface area contributed by atoms with E-state index < -0.39 is 0 Å². The van der Waals surface area contributed by atoms with Crippen molar-refractivity contribution >= 4 is 11.7 Å². The second-order valence-corrected chi connectivity index (χ2v) is 4.59. The first-order valence-corrected chi connectivity index (χ1v) is 6.86. The second kappa shape index (κ2) is 7.34. The SMILES string of the molecule is CCCC(=O)Oc1cccc(NCc2ccccc2)c1. The van der Waals surface area contributed by atoms with Crippen molar-refractivity contribution in [2.24, 2.45) is 0 Å². The van der Waals surface area contributed by atoms with Crippen LogP contribution in [-0.2, 0) is 11.3 Å². The molecule has 0 heterocycles. The highest BCUT2D eigenvalue weighted by atomic mass is 16.5. The van der Waals surface area contributed by atoms with Gasteiger partial charge in [0.05, 0.1) is 0 Å². The number of esters is 1. The predicted octanol–water partition coefficient (Wildman–Crippen LogP) is 4.00. The number of hydrogen-bond acceptors (Lipinski definition) is 3. The third-order valence-corrected chi connectivity index (χ3v) is 2.86. The summed E-state index contributed by atoms with van der Waals surface area (Å²) in [5, 5.41) is 3.32. The molecule has 0 spiro atoms. The maximum absolute atomic E-state index is 11.5. The predicted molar refractivity (Wildman–Crippen MR) is 80.8 cm³/mol. The molecule has 104 valence electrons. The Morgan fingerprint density at radius 2 is 1.90 bits per heavy atom. The normalized spacial score (nSPS) is 10.1. The van der Waals surface area contributed by atoms with Gasteiger partial charge in [-0.3, -0.25) is 4.79 Å². The Kier molecular flexibility index (Phi) is 5.18. The largest absolute Gasteiger partial charge is 0.426 e. The average molecular weight is 269 g/mol. The Bertz CT molecular complexity index is 552. The molecular formula is C17H19NO2. The molecule has 0 unspecified atom stereocenters. The number of anilines is 1. The lowest BCUT2D eigenvalue weighted by Gasteiger charge is -2.09. The molecular weight excluding hydrogens is 250 g/mol. The molecule has 0 aromatic heterocycles. The molecule has 0 aliphatic carbocycles. The van der Waals surface area contributed by atoms with Crippen molar-refractivity contribution in [3.05, 3.63) is 60.2 Å². The van der Waals surface area contributed by atoms with Gasteiger partial charge in [-0.1, -0.05) is 43.3 Å². The maximum Gasteiger partial charge on any atom is 0.311 e. The quantitative estimate of drug-likeness (QED) is 0.636. The summed E-state index contributed by atoms with van der Waals surface area (Å²) in [5.74, 6) is 0.397. The molecule has 2 aromatic rings. The average Bonchev–Trinajstić information content (AvgIpc) is 2.47. The van der Waals surface area contributed by atoms with E-state index in [1.807, 2.05) is 43.3 Å². The summed E-state index contributed by atoms with van der Waals surface area (Å²) in [7, 11) is 0. The third-order valence-electron chi connectivity index (χ3n) is 2.86. The topological polar surface area (TPSA) is 38.3 Å². The Morgan fingerprint density at radius 1 is 1.10 bits per heavy atom. The minimum absolute atomic E-state index is 0.187. The molecule has 0 saturated carbocycles. The fourth-order valence-electron chi connectivity index (χ4n) is 1.86. The van der Waals surface area contributed by atoms with Gasteiger partial charge in [-0.2, -0.15) is 0 Å². The van der Waals surface area contributed by atoms with Gasteiger partial charge in [-0.05, 0) is 24.1 Å². The van der Waals surface area contributed by atoms with Gasteiger partial charge >= 0.3 is 5.97 Å². The van der Waals surface area contributed by atoms with Crippen molar-refractivity contribution in [3.8, 4) is 5.75 Å². The van der Waals surface area contributed by atoms with E-state index in [1.54, 1.807) is 6.07 Å². The van der Waals surface area contributed by atoms with Crippen molar-refractivity contribution < 1.29 is 9.53 Å². The molecule has 0 atom stereocenters. The lowest BCUT2D eigenvalue weighted by molar-refractivity contribution is -0.134. The zero-order valence-corrected chi connectivity index (χ0v) is 11.6. The summed E-state index contributed by atoms with van der Waals surface area (Å²) < 4.78 is 5.27. The lowest BCUT2D eigenvalue weighted by Crippen LogP contribution is -2.07. The zero-order chi connectivity index (χ0) is 14.2. The molecule has 3 heteroatoms. The van der Waals surface area contributed by atoms with Crippen LogP contribution in [0, 0.1) is 0 Å². The van der Waals surface area contributed by atoms with Crippen LogP contribution in [0.15, 0.2) is 54.6 Å². The minimum atomic E-state index is -0.187. The molecule has 2 rings (SSSR count). The number of carbonyl (C=O) groups is 1. The number of nitrogens with one attached hydrogen (secondary N) is 1. The summed E-state index contributed by atoms with van der Waals surface area (Å²) in [4.78, 5) is 11.5. The van der Waals surface area contributed by atoms with Crippen LogP contribution in [-0.4, -0.2) is 5.97 Å². The summed E-state index contributed by atoms with van der Waals surface area (Å²) in [6, 6.07) is 17.6. The summed E-state index contributed by atoms with van der Waals surface area (Å²) in [6.07, 6.45) is 1.24. The molecule has 0 radical (unpaired) electrons. The highest BCUT2D eigenvalue weighted by Crippen LogP contribution is 2.18. The van der Waals surface area contributed by atoms with Crippen LogP contribution in [0.3, 0.4) is 0 Å². The molecule has 3 nitrogen and oxygen atoms in total. The van der Waals surface area contributed by atoms with Crippen molar-refractivity contribution in [3.63, 3.8) is 0 Å². The van der Waals surface area contributed by atoms with E-state index >= 15 is 0 Å². The van der Waals surface area contributed by atoms with Gasteiger partial charge in [0, 0.05) is 24.7 Å². The Morgan fingerprint density at radius 3 is 2.65 bits per heavy atom. The smallest absolute Gasteiger partial charge is 0.311 e. The minimum Gasteiger partial charge on any atom is -0.426 e. The van der Waals surface area contributed by atoms with Crippen molar-refractivity contribution in [1.82, 2.24) is 0 Å². The van der Waals surface area contributed by atoms with E-state index in [4.69, 9.17) is 4.74 Å². The first-order valence-electron chi connectivity index (χ1n) is 6.86. The molecule has 0 fully saturated rings. The molecule has 0 aliphatic heterocycles. The van der Waals surface area contributed by atoms with Crippen LogP contribution in [0.2, 0.25) is 0 Å². The van der Waals surface area contributed by atoms with Gasteiger partial charge in [0.15, 0.2) is 0 Å². The van der Waals surface area contributed by atoms with Gasteiger partial charge in [0.2, 0.25) is 0 Å². The highest BCUT2D eigenvalue weighted by Gasteiger charge is 2.03. The van der Waals surface area contributed by atoms with Crippen LogP contribution in [0.5, 0.6) is 5.75 Å². The molecule has 2 aromatic carbocycles. The highest BCUT2D eigenvalue weighted by molar-refractivity contribution is 5.72. The van der Waals surface area contributed by atoms with Gasteiger partial charge < -0.3 is 10.1 Å². The third kappa shape index (κ3) is 4.43. The number of rotatable bonds is 6. The number of benzene rings is 2. The molecule has 0 bridgehead atoms. The summed E-state index contributed by atoms with van der Waals surface area (Å²) in [5.41, 5.74) is 2.15. The first kappa shape index (κ1) is 14.1. The van der Waals surface area contributed by atoms with Crippen LogP contribution < -0.4 is 10.1 Å². The molecule has 1 N–H and O–H groups in total.